The van der Waals surface area contributed by atoms with Crippen LogP contribution in [-0.2, 0) is 0 Å². The predicted octanol–water partition coefficient (Wildman–Crippen LogP) is 4.07. The average molecular weight is 297 g/mol. The van der Waals surface area contributed by atoms with Crippen molar-refractivity contribution in [1.29, 1.82) is 0 Å². The average Bonchev–Trinajstić information content (AvgIpc) is 2.97. The first-order chi connectivity index (χ1) is 10.2. The normalized spacial score (nSPS) is 10.6. The van der Waals surface area contributed by atoms with Crippen molar-refractivity contribution in [3.63, 3.8) is 0 Å². The molecule has 0 spiro atoms. The molecule has 0 fully saturated rings. The van der Waals surface area contributed by atoms with Crippen molar-refractivity contribution in [1.82, 2.24) is 9.78 Å². The molecule has 0 aliphatic rings. The molecule has 104 valence electrons. The van der Waals surface area contributed by atoms with Gasteiger partial charge in [-0.25, -0.2) is 4.68 Å². The number of carbonyl (C=O) groups excluding carboxylic acids is 1. The summed E-state index contributed by atoms with van der Waals surface area (Å²) in [5.41, 5.74) is 2.84. The summed E-state index contributed by atoms with van der Waals surface area (Å²) in [4.78, 5) is 12.7. The van der Waals surface area contributed by atoms with E-state index in [2.05, 4.69) is 5.10 Å². The molecular weight excluding hydrogens is 284 g/mol. The molecule has 0 N–H and O–H groups in total. The molecule has 3 aromatic rings. The van der Waals surface area contributed by atoms with Gasteiger partial charge in [-0.1, -0.05) is 35.9 Å². The van der Waals surface area contributed by atoms with Crippen LogP contribution in [0.1, 0.15) is 21.6 Å². The van der Waals surface area contributed by atoms with Gasteiger partial charge in [-0.2, -0.15) is 5.10 Å². The van der Waals surface area contributed by atoms with Crippen LogP contribution in [0.25, 0.3) is 5.69 Å². The van der Waals surface area contributed by atoms with Crippen LogP contribution in [0.15, 0.2) is 60.8 Å². The van der Waals surface area contributed by atoms with Crippen LogP contribution in [-0.4, -0.2) is 15.6 Å². The molecule has 0 amide bonds. The van der Waals surface area contributed by atoms with Crippen LogP contribution in [0.5, 0.6) is 0 Å². The minimum atomic E-state index is -0.138. The Balaban J connectivity index is 2.06. The largest absolute Gasteiger partial charge is 0.287 e. The lowest BCUT2D eigenvalue weighted by Crippen LogP contribution is -2.10. The third kappa shape index (κ3) is 2.60. The molecule has 0 aliphatic heterocycles. The maximum Gasteiger partial charge on any atom is 0.212 e. The van der Waals surface area contributed by atoms with Crippen LogP contribution in [0.2, 0.25) is 5.02 Å². The van der Waals surface area contributed by atoms with Gasteiger partial charge in [0.1, 0.15) is 5.69 Å². The molecular formula is C17H13ClN2O. The summed E-state index contributed by atoms with van der Waals surface area (Å²) < 4.78 is 1.62. The lowest BCUT2D eigenvalue weighted by molar-refractivity contribution is 0.103. The van der Waals surface area contributed by atoms with E-state index in [0.717, 1.165) is 11.3 Å². The van der Waals surface area contributed by atoms with Gasteiger partial charge >= 0.3 is 0 Å². The van der Waals surface area contributed by atoms with E-state index in [0.29, 0.717) is 16.3 Å². The van der Waals surface area contributed by atoms with Gasteiger partial charge in [-0.3, -0.25) is 4.79 Å². The van der Waals surface area contributed by atoms with Gasteiger partial charge in [0.25, 0.3) is 0 Å². The number of hydrogen-bond donors (Lipinski definition) is 0. The van der Waals surface area contributed by atoms with Crippen molar-refractivity contribution >= 4 is 17.4 Å². The molecule has 0 aliphatic carbocycles. The van der Waals surface area contributed by atoms with E-state index in [4.69, 9.17) is 11.6 Å². The Morgan fingerprint density at radius 3 is 2.57 bits per heavy atom. The Hall–Kier alpha value is -2.39. The first-order valence-corrected chi connectivity index (χ1v) is 6.95. The van der Waals surface area contributed by atoms with Crippen LogP contribution in [0.3, 0.4) is 0 Å². The van der Waals surface area contributed by atoms with Crippen molar-refractivity contribution in [2.24, 2.45) is 0 Å². The van der Waals surface area contributed by atoms with Crippen LogP contribution in [0.4, 0.5) is 0 Å². The fourth-order valence-electron chi connectivity index (χ4n) is 2.19. The zero-order chi connectivity index (χ0) is 14.8. The fourth-order valence-corrected chi connectivity index (χ4v) is 2.51. The second-order valence-corrected chi connectivity index (χ2v) is 5.18. The summed E-state index contributed by atoms with van der Waals surface area (Å²) in [6.45, 7) is 1.94. The van der Waals surface area contributed by atoms with Crippen molar-refractivity contribution in [3.05, 3.63) is 82.6 Å². The number of aromatic nitrogens is 2. The molecule has 0 saturated heterocycles. The maximum absolute atomic E-state index is 12.7. The summed E-state index contributed by atoms with van der Waals surface area (Å²) in [5, 5.41) is 4.69. The van der Waals surface area contributed by atoms with Gasteiger partial charge in [0.05, 0.1) is 16.9 Å². The molecule has 0 radical (unpaired) electrons. The molecule has 0 atom stereocenters. The molecule has 3 rings (SSSR count). The minimum absolute atomic E-state index is 0.138. The highest BCUT2D eigenvalue weighted by Crippen LogP contribution is 2.22. The fraction of sp³-hybridized carbons (Fsp3) is 0.0588. The first kappa shape index (κ1) is 13.6. The highest BCUT2D eigenvalue weighted by atomic mass is 35.5. The van der Waals surface area contributed by atoms with Crippen molar-refractivity contribution in [3.8, 4) is 5.69 Å². The van der Waals surface area contributed by atoms with E-state index >= 15 is 0 Å². The summed E-state index contributed by atoms with van der Waals surface area (Å²) in [6.07, 6.45) is 1.61. The lowest BCUT2D eigenvalue weighted by Gasteiger charge is -2.08. The van der Waals surface area contributed by atoms with Gasteiger partial charge in [-0.05, 0) is 42.8 Å². The number of benzene rings is 2. The third-order valence-corrected chi connectivity index (χ3v) is 3.56. The predicted molar refractivity (Wildman–Crippen MR) is 83.2 cm³/mol. The standard InChI is InChI=1S/C17H13ClN2O/c1-12-7-8-14(15(18)11-12)17(21)16-9-10-19-20(16)13-5-3-2-4-6-13/h2-11H,1H3. The molecule has 2 aromatic carbocycles. The van der Waals surface area contributed by atoms with Gasteiger partial charge in [-0.15, -0.1) is 0 Å². The molecule has 0 saturated carbocycles. The number of ketones is 1. The van der Waals surface area contributed by atoms with Gasteiger partial charge < -0.3 is 0 Å². The van der Waals surface area contributed by atoms with E-state index in [-0.39, 0.29) is 5.78 Å². The Labute approximate surface area is 127 Å². The Morgan fingerprint density at radius 1 is 1.10 bits per heavy atom. The SMILES string of the molecule is Cc1ccc(C(=O)c2ccnn2-c2ccccc2)c(Cl)c1. The zero-order valence-corrected chi connectivity index (χ0v) is 12.2. The number of aryl methyl sites for hydroxylation is 1. The highest BCUT2D eigenvalue weighted by molar-refractivity contribution is 6.35. The summed E-state index contributed by atoms with van der Waals surface area (Å²) in [7, 11) is 0. The third-order valence-electron chi connectivity index (χ3n) is 3.25. The highest BCUT2D eigenvalue weighted by Gasteiger charge is 2.17. The van der Waals surface area contributed by atoms with E-state index in [1.807, 2.05) is 43.3 Å². The summed E-state index contributed by atoms with van der Waals surface area (Å²) >= 11 is 6.19. The number of nitrogens with zero attached hydrogens (tertiary/aromatic N) is 2. The number of hydrogen-bond acceptors (Lipinski definition) is 2. The Morgan fingerprint density at radius 2 is 1.86 bits per heavy atom. The molecule has 0 unspecified atom stereocenters. The van der Waals surface area contributed by atoms with E-state index in [9.17, 15) is 4.79 Å². The number of carbonyl (C=O) groups is 1. The first-order valence-electron chi connectivity index (χ1n) is 6.57. The topological polar surface area (TPSA) is 34.9 Å². The molecule has 1 aromatic heterocycles. The molecule has 1 heterocycles. The van der Waals surface area contributed by atoms with E-state index in [1.165, 1.54) is 0 Å². The Kier molecular flexibility index (Phi) is 3.59. The summed E-state index contributed by atoms with van der Waals surface area (Å²) in [5.74, 6) is -0.138. The van der Waals surface area contributed by atoms with E-state index < -0.39 is 0 Å². The van der Waals surface area contributed by atoms with E-state index in [1.54, 1.807) is 29.1 Å². The van der Waals surface area contributed by atoms with Crippen LogP contribution < -0.4 is 0 Å². The molecule has 21 heavy (non-hydrogen) atoms. The van der Waals surface area contributed by atoms with Gasteiger partial charge in [0.2, 0.25) is 5.78 Å². The van der Waals surface area contributed by atoms with Crippen molar-refractivity contribution in [2.75, 3.05) is 0 Å². The van der Waals surface area contributed by atoms with Crippen molar-refractivity contribution in [2.45, 2.75) is 6.92 Å². The van der Waals surface area contributed by atoms with Gasteiger partial charge in [0, 0.05) is 5.56 Å². The van der Waals surface area contributed by atoms with Crippen LogP contribution >= 0.6 is 11.6 Å². The second-order valence-electron chi connectivity index (χ2n) is 4.78. The van der Waals surface area contributed by atoms with Gasteiger partial charge in [0.15, 0.2) is 0 Å². The molecule has 0 bridgehead atoms. The van der Waals surface area contributed by atoms with Crippen molar-refractivity contribution < 1.29 is 4.79 Å². The smallest absolute Gasteiger partial charge is 0.212 e. The zero-order valence-electron chi connectivity index (χ0n) is 11.5. The number of halogens is 1. The minimum Gasteiger partial charge on any atom is -0.287 e. The Bertz CT molecular complexity index is 794. The molecule has 4 heteroatoms. The second kappa shape index (κ2) is 5.54. The maximum atomic E-state index is 12.7. The van der Waals surface area contributed by atoms with Crippen LogP contribution in [0, 0.1) is 6.92 Å². The lowest BCUT2D eigenvalue weighted by atomic mass is 10.1. The quantitative estimate of drug-likeness (QED) is 0.683. The number of para-hydroxylation sites is 1. The summed E-state index contributed by atoms with van der Waals surface area (Å²) in [6, 6.07) is 16.7. The number of rotatable bonds is 3. The molecule has 3 nitrogen and oxygen atoms in total. The monoisotopic (exact) mass is 296 g/mol.